The fourth-order valence-corrected chi connectivity index (χ4v) is 8.03. The minimum atomic E-state index is -0.142. The van der Waals surface area contributed by atoms with E-state index < -0.39 is 0 Å². The summed E-state index contributed by atoms with van der Waals surface area (Å²) in [6, 6.07) is 6.32. The standard InChI is InChI=1S/C25H30N4OS/c1-17-4-2-5-21-22(17)27-24(31-21)29(8-3-7-28-9-6-26-16-28)23(30)25-13-18-10-19(14-25)12-20(11-18)15-25/h2,4-6,9,16,18-20H,3,7-8,10-15H2,1H3. The van der Waals surface area contributed by atoms with Crippen LogP contribution in [0.2, 0.25) is 0 Å². The van der Waals surface area contributed by atoms with Crippen molar-refractivity contribution in [3.8, 4) is 0 Å². The molecule has 0 atom stereocenters. The summed E-state index contributed by atoms with van der Waals surface area (Å²) in [5, 5.41) is 0.885. The first-order valence-corrected chi connectivity index (χ1v) is 12.6. The lowest BCUT2D eigenvalue weighted by atomic mass is 9.49. The first-order chi connectivity index (χ1) is 15.1. The van der Waals surface area contributed by atoms with Gasteiger partial charge in [-0.25, -0.2) is 9.97 Å². The van der Waals surface area contributed by atoms with Gasteiger partial charge in [-0.1, -0.05) is 23.5 Å². The van der Waals surface area contributed by atoms with Gasteiger partial charge in [0.05, 0.1) is 22.0 Å². The number of carbonyl (C=O) groups is 1. The number of fused-ring (bicyclic) bond motifs is 1. The van der Waals surface area contributed by atoms with E-state index in [1.165, 1.54) is 29.5 Å². The van der Waals surface area contributed by atoms with E-state index in [0.29, 0.717) is 5.91 Å². The Morgan fingerprint density at radius 1 is 1.19 bits per heavy atom. The molecule has 3 aromatic rings. The normalized spacial score (nSPS) is 29.0. The molecule has 0 spiro atoms. The molecule has 1 amide bonds. The van der Waals surface area contributed by atoms with Crippen molar-refractivity contribution >= 4 is 32.6 Å². The summed E-state index contributed by atoms with van der Waals surface area (Å²) in [5.74, 6) is 2.65. The lowest BCUT2D eigenvalue weighted by Gasteiger charge is -2.56. The van der Waals surface area contributed by atoms with Crippen molar-refractivity contribution in [2.45, 2.75) is 58.4 Å². The smallest absolute Gasteiger partial charge is 0.235 e. The maximum absolute atomic E-state index is 14.2. The second-order valence-corrected chi connectivity index (χ2v) is 11.2. The fourth-order valence-electron chi connectivity index (χ4n) is 6.96. The molecule has 6 heteroatoms. The molecular formula is C25H30N4OS. The Morgan fingerprint density at radius 3 is 2.58 bits per heavy atom. The Bertz CT molecular complexity index is 1070. The number of imidazole rings is 1. The van der Waals surface area contributed by atoms with E-state index in [2.05, 4.69) is 39.6 Å². The van der Waals surface area contributed by atoms with Gasteiger partial charge in [-0.3, -0.25) is 9.69 Å². The number of hydrogen-bond acceptors (Lipinski definition) is 4. The molecule has 0 N–H and O–H groups in total. The molecule has 7 rings (SSSR count). The SMILES string of the molecule is Cc1cccc2sc(N(CCCn3ccnc3)C(=O)C34CC5CC(CC(C5)C3)C4)nc12. The molecule has 0 unspecified atom stereocenters. The van der Waals surface area contributed by atoms with E-state index >= 15 is 0 Å². The summed E-state index contributed by atoms with van der Waals surface area (Å²) in [5.41, 5.74) is 2.08. The maximum atomic E-state index is 14.2. The third-order valence-electron chi connectivity index (χ3n) is 7.93. The van der Waals surface area contributed by atoms with E-state index in [4.69, 9.17) is 4.98 Å². The van der Waals surface area contributed by atoms with Crippen LogP contribution in [0.3, 0.4) is 0 Å². The number of thiazole rings is 1. The second-order valence-electron chi connectivity index (χ2n) is 10.2. The van der Waals surface area contributed by atoms with Crippen LogP contribution in [0.5, 0.6) is 0 Å². The van der Waals surface area contributed by atoms with Gasteiger partial charge in [0.2, 0.25) is 5.91 Å². The molecule has 5 nitrogen and oxygen atoms in total. The molecule has 2 heterocycles. The van der Waals surface area contributed by atoms with Gasteiger partial charge < -0.3 is 4.57 Å². The number of benzene rings is 1. The van der Waals surface area contributed by atoms with Gasteiger partial charge in [0.15, 0.2) is 5.13 Å². The maximum Gasteiger partial charge on any atom is 0.235 e. The number of carbonyl (C=O) groups excluding carboxylic acids is 1. The summed E-state index contributed by atoms with van der Waals surface area (Å²) in [6.07, 6.45) is 13.9. The molecule has 4 aliphatic rings. The summed E-state index contributed by atoms with van der Waals surface area (Å²) >= 11 is 1.67. The number of aryl methyl sites for hydroxylation is 2. The molecule has 2 aromatic heterocycles. The lowest BCUT2D eigenvalue weighted by Crippen LogP contribution is -2.55. The minimum Gasteiger partial charge on any atom is -0.337 e. The van der Waals surface area contributed by atoms with Crippen molar-refractivity contribution in [3.63, 3.8) is 0 Å². The molecule has 31 heavy (non-hydrogen) atoms. The summed E-state index contributed by atoms with van der Waals surface area (Å²) in [4.78, 5) is 25.4. The molecule has 4 bridgehead atoms. The van der Waals surface area contributed by atoms with Crippen LogP contribution >= 0.6 is 11.3 Å². The Hall–Kier alpha value is -2.21. The summed E-state index contributed by atoms with van der Waals surface area (Å²) in [6.45, 7) is 3.70. The molecular weight excluding hydrogens is 404 g/mol. The van der Waals surface area contributed by atoms with Crippen LogP contribution < -0.4 is 4.90 Å². The minimum absolute atomic E-state index is 0.142. The number of rotatable bonds is 6. The molecule has 162 valence electrons. The zero-order chi connectivity index (χ0) is 21.0. The van der Waals surface area contributed by atoms with Crippen LogP contribution in [0.25, 0.3) is 10.2 Å². The Balaban J connectivity index is 1.32. The summed E-state index contributed by atoms with van der Waals surface area (Å²) in [7, 11) is 0. The average molecular weight is 435 g/mol. The highest BCUT2D eigenvalue weighted by Gasteiger charge is 2.55. The number of amides is 1. The van der Waals surface area contributed by atoms with Crippen LogP contribution in [0.1, 0.15) is 50.5 Å². The molecule has 4 saturated carbocycles. The third kappa shape index (κ3) is 3.39. The van der Waals surface area contributed by atoms with Gasteiger partial charge in [0.1, 0.15) is 0 Å². The quantitative estimate of drug-likeness (QED) is 0.519. The van der Waals surface area contributed by atoms with Crippen LogP contribution in [0.15, 0.2) is 36.9 Å². The molecule has 4 aliphatic carbocycles. The van der Waals surface area contributed by atoms with E-state index in [-0.39, 0.29) is 5.41 Å². The van der Waals surface area contributed by atoms with E-state index in [9.17, 15) is 4.79 Å². The number of anilines is 1. The van der Waals surface area contributed by atoms with Gasteiger partial charge in [-0.2, -0.15) is 0 Å². The summed E-state index contributed by atoms with van der Waals surface area (Å²) < 4.78 is 3.27. The van der Waals surface area contributed by atoms with Gasteiger partial charge >= 0.3 is 0 Å². The average Bonchev–Trinajstić information content (AvgIpc) is 3.40. The van der Waals surface area contributed by atoms with Crippen molar-refractivity contribution < 1.29 is 4.79 Å². The van der Waals surface area contributed by atoms with Crippen LogP contribution in [-0.2, 0) is 11.3 Å². The van der Waals surface area contributed by atoms with E-state index in [1.807, 2.05) is 18.7 Å². The number of nitrogens with zero attached hydrogens (tertiary/aromatic N) is 4. The first kappa shape index (κ1) is 19.5. The first-order valence-electron chi connectivity index (χ1n) is 11.7. The molecule has 0 saturated heterocycles. The largest absolute Gasteiger partial charge is 0.337 e. The zero-order valence-electron chi connectivity index (χ0n) is 18.2. The Morgan fingerprint density at radius 2 is 1.94 bits per heavy atom. The Kier molecular flexibility index (Phi) is 4.67. The molecule has 0 aliphatic heterocycles. The van der Waals surface area contributed by atoms with Gasteiger partial charge in [0.25, 0.3) is 0 Å². The van der Waals surface area contributed by atoms with Crippen LogP contribution in [-0.4, -0.2) is 27.0 Å². The van der Waals surface area contributed by atoms with Crippen molar-refractivity contribution in [1.82, 2.24) is 14.5 Å². The predicted molar refractivity (Wildman–Crippen MR) is 124 cm³/mol. The zero-order valence-corrected chi connectivity index (χ0v) is 19.0. The van der Waals surface area contributed by atoms with E-state index in [1.54, 1.807) is 11.3 Å². The second kappa shape index (κ2) is 7.44. The topological polar surface area (TPSA) is 51.0 Å². The highest BCUT2D eigenvalue weighted by atomic mass is 32.1. The molecule has 0 radical (unpaired) electrons. The van der Waals surface area contributed by atoms with Gasteiger partial charge in [-0.15, -0.1) is 0 Å². The highest BCUT2D eigenvalue weighted by molar-refractivity contribution is 7.22. The number of hydrogen-bond donors (Lipinski definition) is 0. The van der Waals surface area contributed by atoms with Gasteiger partial charge in [-0.05, 0) is 81.3 Å². The van der Waals surface area contributed by atoms with Crippen LogP contribution in [0.4, 0.5) is 5.13 Å². The highest BCUT2D eigenvalue weighted by Crippen LogP contribution is 2.60. The lowest BCUT2D eigenvalue weighted by molar-refractivity contribution is -0.143. The van der Waals surface area contributed by atoms with Crippen LogP contribution in [0, 0.1) is 30.1 Å². The monoisotopic (exact) mass is 434 g/mol. The number of para-hydroxylation sites is 1. The predicted octanol–water partition coefficient (Wildman–Crippen LogP) is 5.44. The third-order valence-corrected chi connectivity index (χ3v) is 8.98. The van der Waals surface area contributed by atoms with Crippen molar-refractivity contribution in [3.05, 3.63) is 42.5 Å². The van der Waals surface area contributed by atoms with Crippen molar-refractivity contribution in [2.24, 2.45) is 23.2 Å². The Labute approximate surface area is 187 Å². The van der Waals surface area contributed by atoms with Crippen molar-refractivity contribution in [1.29, 1.82) is 0 Å². The molecule has 4 fully saturated rings. The number of aromatic nitrogens is 3. The van der Waals surface area contributed by atoms with Crippen molar-refractivity contribution in [2.75, 3.05) is 11.4 Å². The molecule has 1 aromatic carbocycles. The van der Waals surface area contributed by atoms with E-state index in [0.717, 1.165) is 67.2 Å². The van der Waals surface area contributed by atoms with Gasteiger partial charge in [0, 0.05) is 25.5 Å². The fraction of sp³-hybridized carbons (Fsp3) is 0.560.